The fourth-order valence-corrected chi connectivity index (χ4v) is 3.07. The summed E-state index contributed by atoms with van der Waals surface area (Å²) in [6.07, 6.45) is 0. The molecule has 0 bridgehead atoms. The summed E-state index contributed by atoms with van der Waals surface area (Å²) in [5, 5.41) is 10.5. The number of allylic oxidation sites excluding steroid dienone is 1. The number of carbonyl (C=O) groups is 2. The van der Waals surface area contributed by atoms with Gasteiger partial charge in [-0.2, -0.15) is 0 Å². The molecule has 0 aromatic heterocycles. The summed E-state index contributed by atoms with van der Waals surface area (Å²) < 4.78 is 5.62. The van der Waals surface area contributed by atoms with E-state index in [9.17, 15) is 14.7 Å². The van der Waals surface area contributed by atoms with E-state index >= 15 is 0 Å². The van der Waals surface area contributed by atoms with E-state index in [0.29, 0.717) is 28.0 Å². The Labute approximate surface area is 123 Å². The van der Waals surface area contributed by atoms with Gasteiger partial charge in [-0.25, -0.2) is 0 Å². The molecule has 110 valence electrons. The van der Waals surface area contributed by atoms with Crippen LogP contribution in [0.2, 0.25) is 0 Å². The zero-order valence-electron chi connectivity index (χ0n) is 12.6. The molecule has 0 amide bonds. The first kappa shape index (κ1) is 14.0. The van der Waals surface area contributed by atoms with Gasteiger partial charge in [0.15, 0.2) is 0 Å². The molecule has 1 aliphatic heterocycles. The molecular formula is C17H18O4. The lowest BCUT2D eigenvalue weighted by Gasteiger charge is -2.37. The number of carbonyl (C=O) groups excluding carboxylic acids is 2. The molecule has 1 aromatic carbocycles. The fourth-order valence-electron chi connectivity index (χ4n) is 3.07. The Bertz CT molecular complexity index is 708. The predicted octanol–water partition coefficient (Wildman–Crippen LogP) is 2.54. The van der Waals surface area contributed by atoms with Crippen LogP contribution in [0.4, 0.5) is 0 Å². The van der Waals surface area contributed by atoms with Gasteiger partial charge in [0.1, 0.15) is 18.0 Å². The van der Waals surface area contributed by atoms with Crippen LogP contribution in [-0.4, -0.2) is 23.3 Å². The van der Waals surface area contributed by atoms with Crippen molar-refractivity contribution in [3.05, 3.63) is 40.0 Å². The van der Waals surface area contributed by atoms with E-state index in [2.05, 4.69) is 0 Å². The van der Waals surface area contributed by atoms with Gasteiger partial charge < -0.3 is 9.84 Å². The molecule has 4 nitrogen and oxygen atoms in total. The SMILES string of the molecule is CC1=C2OCC(C)(O)c3ccc(C(C)C)c(c32)C(=O)C1=O. The summed E-state index contributed by atoms with van der Waals surface area (Å²) >= 11 is 0. The number of rotatable bonds is 1. The number of Topliss-reactive ketones (excluding diaryl/α,β-unsaturated/α-hetero) is 2. The number of ether oxygens (including phenoxy) is 1. The molecule has 0 spiro atoms. The molecule has 0 radical (unpaired) electrons. The average molecular weight is 286 g/mol. The van der Waals surface area contributed by atoms with Crippen molar-refractivity contribution >= 4 is 17.3 Å². The molecule has 1 heterocycles. The van der Waals surface area contributed by atoms with Crippen LogP contribution < -0.4 is 0 Å². The minimum Gasteiger partial charge on any atom is -0.489 e. The van der Waals surface area contributed by atoms with Crippen LogP contribution in [-0.2, 0) is 15.1 Å². The molecule has 0 saturated heterocycles. The molecule has 3 rings (SSSR count). The van der Waals surface area contributed by atoms with Gasteiger partial charge in [-0.1, -0.05) is 26.0 Å². The Balaban J connectivity index is 2.45. The van der Waals surface area contributed by atoms with Crippen molar-refractivity contribution in [2.75, 3.05) is 6.61 Å². The molecule has 1 atom stereocenters. The maximum Gasteiger partial charge on any atom is 0.234 e. The van der Waals surface area contributed by atoms with Crippen LogP contribution in [0.1, 0.15) is 60.7 Å². The Kier molecular flexibility index (Phi) is 2.85. The molecule has 1 N–H and O–H groups in total. The summed E-state index contributed by atoms with van der Waals surface area (Å²) in [4.78, 5) is 24.7. The highest BCUT2D eigenvalue weighted by Gasteiger charge is 2.43. The van der Waals surface area contributed by atoms with E-state index in [0.717, 1.165) is 5.56 Å². The summed E-state index contributed by atoms with van der Waals surface area (Å²) in [5.74, 6) is -0.469. The Hall–Kier alpha value is -1.94. The van der Waals surface area contributed by atoms with Crippen LogP contribution in [0.25, 0.3) is 5.76 Å². The van der Waals surface area contributed by atoms with Gasteiger partial charge in [0, 0.05) is 16.7 Å². The largest absolute Gasteiger partial charge is 0.489 e. The van der Waals surface area contributed by atoms with Crippen molar-refractivity contribution in [3.8, 4) is 0 Å². The second-order valence-electron chi connectivity index (χ2n) is 6.28. The second kappa shape index (κ2) is 4.28. The summed E-state index contributed by atoms with van der Waals surface area (Å²) in [6.45, 7) is 7.29. The minimum absolute atomic E-state index is 0.0780. The number of aliphatic hydroxyl groups is 1. The predicted molar refractivity (Wildman–Crippen MR) is 78.0 cm³/mol. The van der Waals surface area contributed by atoms with Crippen molar-refractivity contribution < 1.29 is 19.4 Å². The maximum absolute atomic E-state index is 12.5. The van der Waals surface area contributed by atoms with Crippen molar-refractivity contribution in [1.82, 2.24) is 0 Å². The molecule has 0 fully saturated rings. The lowest BCUT2D eigenvalue weighted by molar-refractivity contribution is -0.112. The zero-order valence-corrected chi connectivity index (χ0v) is 12.6. The lowest BCUT2D eigenvalue weighted by atomic mass is 9.76. The Morgan fingerprint density at radius 3 is 2.48 bits per heavy atom. The first-order valence-corrected chi connectivity index (χ1v) is 7.08. The van der Waals surface area contributed by atoms with Crippen molar-refractivity contribution in [2.24, 2.45) is 0 Å². The van der Waals surface area contributed by atoms with Crippen molar-refractivity contribution in [2.45, 2.75) is 39.2 Å². The van der Waals surface area contributed by atoms with Gasteiger partial charge in [-0.3, -0.25) is 9.59 Å². The third kappa shape index (κ3) is 1.79. The van der Waals surface area contributed by atoms with Gasteiger partial charge in [0.25, 0.3) is 0 Å². The van der Waals surface area contributed by atoms with Gasteiger partial charge in [-0.15, -0.1) is 0 Å². The van der Waals surface area contributed by atoms with E-state index < -0.39 is 17.2 Å². The van der Waals surface area contributed by atoms with Gasteiger partial charge in [-0.05, 0) is 30.9 Å². The standard InChI is InChI=1S/C17H18O4/c1-8(2)10-5-6-11-13-12(10)15(19)14(18)9(3)16(13)21-7-17(11,4)20/h5-6,8,20H,7H2,1-4H3. The first-order chi connectivity index (χ1) is 9.75. The molecule has 0 saturated carbocycles. The normalized spacial score (nSPS) is 24.3. The van der Waals surface area contributed by atoms with Gasteiger partial charge >= 0.3 is 0 Å². The van der Waals surface area contributed by atoms with E-state index in [1.165, 1.54) is 0 Å². The monoisotopic (exact) mass is 286 g/mol. The highest BCUT2D eigenvalue weighted by atomic mass is 16.5. The summed E-state index contributed by atoms with van der Waals surface area (Å²) in [7, 11) is 0. The van der Waals surface area contributed by atoms with Gasteiger partial charge in [0.2, 0.25) is 11.6 Å². The second-order valence-corrected chi connectivity index (χ2v) is 6.28. The highest BCUT2D eigenvalue weighted by molar-refractivity contribution is 6.52. The highest BCUT2D eigenvalue weighted by Crippen LogP contribution is 2.44. The third-order valence-electron chi connectivity index (χ3n) is 4.28. The smallest absolute Gasteiger partial charge is 0.234 e. The van der Waals surface area contributed by atoms with Crippen LogP contribution in [0.15, 0.2) is 17.7 Å². The quantitative estimate of drug-likeness (QED) is 0.806. The van der Waals surface area contributed by atoms with Gasteiger partial charge in [0.05, 0.1) is 0 Å². The van der Waals surface area contributed by atoms with Crippen molar-refractivity contribution in [3.63, 3.8) is 0 Å². The van der Waals surface area contributed by atoms with Crippen LogP contribution >= 0.6 is 0 Å². The van der Waals surface area contributed by atoms with E-state index in [4.69, 9.17) is 4.74 Å². The number of ketones is 2. The lowest BCUT2D eigenvalue weighted by Crippen LogP contribution is -2.37. The van der Waals surface area contributed by atoms with E-state index in [1.807, 2.05) is 26.0 Å². The van der Waals surface area contributed by atoms with Crippen LogP contribution in [0.5, 0.6) is 0 Å². The Morgan fingerprint density at radius 1 is 1.19 bits per heavy atom. The molecule has 1 aromatic rings. The maximum atomic E-state index is 12.5. The first-order valence-electron chi connectivity index (χ1n) is 7.08. The molecule has 2 aliphatic rings. The van der Waals surface area contributed by atoms with E-state index in [-0.39, 0.29) is 12.5 Å². The summed E-state index contributed by atoms with van der Waals surface area (Å²) in [5.41, 5.74) is 1.63. The number of benzene rings is 1. The van der Waals surface area contributed by atoms with E-state index in [1.54, 1.807) is 13.8 Å². The van der Waals surface area contributed by atoms with Crippen LogP contribution in [0.3, 0.4) is 0 Å². The summed E-state index contributed by atoms with van der Waals surface area (Å²) in [6, 6.07) is 3.68. The third-order valence-corrected chi connectivity index (χ3v) is 4.28. The number of hydrogen-bond acceptors (Lipinski definition) is 4. The molecule has 1 aliphatic carbocycles. The minimum atomic E-state index is -1.16. The van der Waals surface area contributed by atoms with Crippen molar-refractivity contribution in [1.29, 1.82) is 0 Å². The molecular weight excluding hydrogens is 268 g/mol. The topological polar surface area (TPSA) is 63.6 Å². The Morgan fingerprint density at radius 2 is 1.86 bits per heavy atom. The fraction of sp³-hybridized carbons (Fsp3) is 0.412. The molecule has 4 heteroatoms. The number of hydrogen-bond donors (Lipinski definition) is 1. The zero-order chi connectivity index (χ0) is 15.5. The van der Waals surface area contributed by atoms with Crippen LogP contribution in [0, 0.1) is 0 Å². The average Bonchev–Trinajstić information content (AvgIpc) is 2.42. The molecule has 1 unspecified atom stereocenters. The molecule has 21 heavy (non-hydrogen) atoms.